The average Bonchev–Trinajstić information content (AvgIpc) is 3.03. The Kier molecular flexibility index (Phi) is 5.60. The number of piperazine rings is 1. The third-order valence-corrected chi connectivity index (χ3v) is 7.98. The predicted octanol–water partition coefficient (Wildman–Crippen LogP) is 3.01. The fraction of sp³-hybridized carbons (Fsp3) is 0.458. The van der Waals surface area contributed by atoms with Gasteiger partial charge < -0.3 is 9.64 Å². The fourth-order valence-electron chi connectivity index (χ4n) is 4.64. The Morgan fingerprint density at radius 2 is 1.65 bits per heavy atom. The summed E-state index contributed by atoms with van der Waals surface area (Å²) in [6, 6.07) is 15.0. The molecule has 31 heavy (non-hydrogen) atoms. The van der Waals surface area contributed by atoms with Gasteiger partial charge in [-0.25, -0.2) is 8.42 Å². The minimum absolute atomic E-state index is 0.00709. The van der Waals surface area contributed by atoms with Crippen LogP contribution in [0, 0.1) is 0 Å². The van der Waals surface area contributed by atoms with Crippen LogP contribution in [0.2, 0.25) is 0 Å². The Balaban J connectivity index is 1.65. The minimum Gasteiger partial charge on any atom is -0.496 e. The van der Waals surface area contributed by atoms with Crippen LogP contribution in [0.5, 0.6) is 5.75 Å². The lowest BCUT2D eigenvalue weighted by Crippen LogP contribution is -2.61. The molecule has 0 N–H and O–H groups in total. The van der Waals surface area contributed by atoms with Gasteiger partial charge in [-0.2, -0.15) is 0 Å². The van der Waals surface area contributed by atoms with Crippen molar-refractivity contribution in [2.75, 3.05) is 30.1 Å². The monoisotopic (exact) mass is 442 g/mol. The molecule has 1 amide bonds. The first kappa shape index (κ1) is 21.8. The molecule has 2 unspecified atom stereocenters. The second kappa shape index (κ2) is 7.95. The molecule has 2 aromatic carbocycles. The normalized spacial score (nSPS) is 23.6. The Hall–Kier alpha value is -2.38. The smallest absolute Gasteiger partial charge is 0.241 e. The summed E-state index contributed by atoms with van der Waals surface area (Å²) in [4.78, 5) is 16.9. The van der Waals surface area contributed by atoms with Gasteiger partial charge in [0.1, 0.15) is 5.75 Å². The number of hydrogen-bond acceptors (Lipinski definition) is 5. The van der Waals surface area contributed by atoms with Crippen LogP contribution < -0.4 is 9.64 Å². The second-order valence-electron chi connectivity index (χ2n) is 9.49. The maximum absolute atomic E-state index is 13.2. The number of carbonyl (C=O) groups is 1. The van der Waals surface area contributed by atoms with Crippen LogP contribution in [-0.2, 0) is 26.6 Å². The van der Waals surface area contributed by atoms with Crippen molar-refractivity contribution in [2.45, 2.75) is 44.8 Å². The number of hydrogen-bond donors (Lipinski definition) is 0. The Morgan fingerprint density at radius 3 is 2.29 bits per heavy atom. The molecule has 6 nitrogen and oxygen atoms in total. The molecule has 2 saturated heterocycles. The van der Waals surface area contributed by atoms with Crippen LogP contribution in [0.25, 0.3) is 0 Å². The number of rotatable bonds is 4. The number of para-hydroxylation sites is 1. The maximum Gasteiger partial charge on any atom is 0.241 e. The quantitative estimate of drug-likeness (QED) is 0.728. The highest BCUT2D eigenvalue weighted by Gasteiger charge is 2.49. The topological polar surface area (TPSA) is 66.9 Å². The van der Waals surface area contributed by atoms with Gasteiger partial charge in [0, 0.05) is 23.8 Å². The van der Waals surface area contributed by atoms with Gasteiger partial charge >= 0.3 is 0 Å². The van der Waals surface area contributed by atoms with E-state index in [9.17, 15) is 13.2 Å². The Labute approximate surface area is 184 Å². The minimum atomic E-state index is -3.23. The molecule has 7 heteroatoms. The van der Waals surface area contributed by atoms with Crippen LogP contribution in [0.15, 0.2) is 48.5 Å². The van der Waals surface area contributed by atoms with Gasteiger partial charge in [0.15, 0.2) is 9.84 Å². The number of fused-ring (bicyclic) bond motifs is 1. The van der Waals surface area contributed by atoms with E-state index in [-0.39, 0.29) is 41.5 Å². The third kappa shape index (κ3) is 4.34. The fourth-order valence-corrected chi connectivity index (χ4v) is 6.62. The molecule has 2 aliphatic heterocycles. The standard InChI is InChI=1S/C24H30N2O4S/c1-24(2,3)18-9-11-19(12-10-18)26-21-16-31(28,29)15-20(21)25(14-23(26)27)13-17-7-5-6-8-22(17)30-4/h5-12,20-21H,13-16H2,1-4H3. The highest BCUT2D eigenvalue weighted by atomic mass is 32.2. The van der Waals surface area contributed by atoms with Crippen LogP contribution in [0.1, 0.15) is 31.9 Å². The SMILES string of the molecule is COc1ccccc1CN1CC(=O)N(c2ccc(C(C)(C)C)cc2)C2CS(=O)(=O)CC21. The number of nitrogens with zero attached hydrogens (tertiary/aromatic N) is 2. The Morgan fingerprint density at radius 1 is 1.00 bits per heavy atom. The lowest BCUT2D eigenvalue weighted by atomic mass is 9.87. The molecule has 0 bridgehead atoms. The van der Waals surface area contributed by atoms with Crippen molar-refractivity contribution in [1.82, 2.24) is 4.90 Å². The van der Waals surface area contributed by atoms with E-state index in [4.69, 9.17) is 4.74 Å². The number of ether oxygens (including phenoxy) is 1. The predicted molar refractivity (Wildman–Crippen MR) is 122 cm³/mol. The molecule has 2 atom stereocenters. The van der Waals surface area contributed by atoms with Crippen molar-refractivity contribution in [1.29, 1.82) is 0 Å². The highest BCUT2D eigenvalue weighted by molar-refractivity contribution is 7.91. The first-order valence-corrected chi connectivity index (χ1v) is 12.4. The molecule has 0 radical (unpaired) electrons. The van der Waals surface area contributed by atoms with E-state index < -0.39 is 9.84 Å². The van der Waals surface area contributed by atoms with E-state index in [2.05, 4.69) is 20.8 Å². The summed E-state index contributed by atoms with van der Waals surface area (Å²) in [5, 5.41) is 0. The van der Waals surface area contributed by atoms with E-state index in [1.54, 1.807) is 12.0 Å². The average molecular weight is 443 g/mol. The summed E-state index contributed by atoms with van der Waals surface area (Å²) >= 11 is 0. The van der Waals surface area contributed by atoms with Crippen molar-refractivity contribution in [3.63, 3.8) is 0 Å². The van der Waals surface area contributed by atoms with Crippen molar-refractivity contribution in [2.24, 2.45) is 0 Å². The molecular weight excluding hydrogens is 412 g/mol. The van der Waals surface area contributed by atoms with Gasteiger partial charge in [0.2, 0.25) is 5.91 Å². The molecule has 0 spiro atoms. The van der Waals surface area contributed by atoms with Crippen molar-refractivity contribution < 1.29 is 17.9 Å². The molecule has 0 aromatic heterocycles. The van der Waals surface area contributed by atoms with Gasteiger partial charge in [-0.15, -0.1) is 0 Å². The first-order valence-electron chi connectivity index (χ1n) is 10.6. The van der Waals surface area contributed by atoms with Crippen molar-refractivity contribution in [3.8, 4) is 5.75 Å². The van der Waals surface area contributed by atoms with E-state index in [0.29, 0.717) is 6.54 Å². The summed E-state index contributed by atoms with van der Waals surface area (Å²) in [7, 11) is -1.62. The summed E-state index contributed by atoms with van der Waals surface area (Å²) < 4.78 is 30.7. The number of benzene rings is 2. The van der Waals surface area contributed by atoms with Gasteiger partial charge in [0.25, 0.3) is 0 Å². The van der Waals surface area contributed by atoms with Crippen LogP contribution >= 0.6 is 0 Å². The van der Waals surface area contributed by atoms with E-state index in [0.717, 1.165) is 17.0 Å². The van der Waals surface area contributed by atoms with Crippen LogP contribution in [0.3, 0.4) is 0 Å². The Bertz CT molecular complexity index is 1070. The number of anilines is 1. The van der Waals surface area contributed by atoms with E-state index >= 15 is 0 Å². The zero-order chi connectivity index (χ0) is 22.4. The molecular formula is C24H30N2O4S. The summed E-state index contributed by atoms with van der Waals surface area (Å²) in [6.45, 7) is 7.08. The van der Waals surface area contributed by atoms with Gasteiger partial charge in [0.05, 0.1) is 31.2 Å². The lowest BCUT2D eigenvalue weighted by Gasteiger charge is -2.43. The highest BCUT2D eigenvalue weighted by Crippen LogP contribution is 2.34. The zero-order valence-corrected chi connectivity index (χ0v) is 19.4. The summed E-state index contributed by atoms with van der Waals surface area (Å²) in [5.74, 6) is 0.730. The van der Waals surface area contributed by atoms with E-state index in [1.807, 2.05) is 53.4 Å². The lowest BCUT2D eigenvalue weighted by molar-refractivity contribution is -0.123. The van der Waals surface area contributed by atoms with Gasteiger partial charge in [-0.3, -0.25) is 9.69 Å². The largest absolute Gasteiger partial charge is 0.496 e. The molecule has 4 rings (SSSR count). The molecule has 2 aromatic rings. The summed E-state index contributed by atoms with van der Waals surface area (Å²) in [5.41, 5.74) is 2.90. The molecule has 2 aliphatic rings. The number of amides is 1. The molecule has 0 saturated carbocycles. The molecule has 166 valence electrons. The van der Waals surface area contributed by atoms with Gasteiger partial charge in [-0.05, 0) is 29.2 Å². The molecule has 2 fully saturated rings. The maximum atomic E-state index is 13.2. The molecule has 0 aliphatic carbocycles. The van der Waals surface area contributed by atoms with Crippen LogP contribution in [0.4, 0.5) is 5.69 Å². The number of sulfone groups is 1. The first-order chi connectivity index (χ1) is 14.6. The van der Waals surface area contributed by atoms with E-state index in [1.165, 1.54) is 5.56 Å². The van der Waals surface area contributed by atoms with Gasteiger partial charge in [-0.1, -0.05) is 51.1 Å². The van der Waals surface area contributed by atoms with Crippen molar-refractivity contribution >= 4 is 21.4 Å². The number of carbonyl (C=O) groups excluding carboxylic acids is 1. The van der Waals surface area contributed by atoms with Crippen molar-refractivity contribution in [3.05, 3.63) is 59.7 Å². The molecule has 2 heterocycles. The zero-order valence-electron chi connectivity index (χ0n) is 18.5. The number of methoxy groups -OCH3 is 1. The summed E-state index contributed by atoms with van der Waals surface area (Å²) in [6.07, 6.45) is 0. The third-order valence-electron chi connectivity index (χ3n) is 6.28. The van der Waals surface area contributed by atoms with Crippen LogP contribution in [-0.4, -0.2) is 56.5 Å². The second-order valence-corrected chi connectivity index (χ2v) is 11.6.